The molecular weight excluding hydrogens is 551 g/mol. The van der Waals surface area contributed by atoms with Crippen molar-refractivity contribution in [3.8, 4) is 17.1 Å². The number of nitrogen functional groups attached to an aromatic ring is 1. The first-order chi connectivity index (χ1) is 19.7. The molecule has 7 nitrogen and oxygen atoms in total. The molecule has 1 amide bonds. The summed E-state index contributed by atoms with van der Waals surface area (Å²) in [4.78, 5) is 21.6. The number of hydrogen-bond donors (Lipinski definition) is 2. The smallest absolute Gasteiger partial charge is 0.435 e. The molecule has 210 valence electrons. The SMILES string of the molecule is COc1ccn2c(-c3csc(C4(c5ccc(C(=O)Nc6ccccc6N)cc5)CCCC4)n3)c(C(F)(F)F)nc2c1. The Morgan fingerprint density at radius 1 is 1.07 bits per heavy atom. The van der Waals surface area contributed by atoms with E-state index in [0.29, 0.717) is 22.7 Å². The number of carbonyl (C=O) groups is 1. The average Bonchev–Trinajstić information content (AvgIpc) is 3.72. The number of nitrogens with zero attached hydrogens (tertiary/aromatic N) is 3. The summed E-state index contributed by atoms with van der Waals surface area (Å²) in [5.41, 5.74) is 7.22. The van der Waals surface area contributed by atoms with Crippen LogP contribution in [-0.2, 0) is 11.6 Å². The number of rotatable bonds is 6. The van der Waals surface area contributed by atoms with Gasteiger partial charge >= 0.3 is 6.18 Å². The first kappa shape index (κ1) is 26.8. The van der Waals surface area contributed by atoms with Gasteiger partial charge in [-0.1, -0.05) is 37.1 Å². The number of carbonyl (C=O) groups excluding carboxylic acids is 1. The summed E-state index contributed by atoms with van der Waals surface area (Å²) in [7, 11) is 1.45. The maximum Gasteiger partial charge on any atom is 0.435 e. The van der Waals surface area contributed by atoms with Gasteiger partial charge in [0.2, 0.25) is 0 Å². The Balaban J connectivity index is 1.35. The molecule has 11 heteroatoms. The summed E-state index contributed by atoms with van der Waals surface area (Å²) in [6.45, 7) is 0. The van der Waals surface area contributed by atoms with Gasteiger partial charge in [0.1, 0.15) is 27.8 Å². The molecule has 3 heterocycles. The number of benzene rings is 2. The van der Waals surface area contributed by atoms with Gasteiger partial charge in [-0.25, -0.2) is 9.97 Å². The highest BCUT2D eigenvalue weighted by molar-refractivity contribution is 7.10. The number of aromatic nitrogens is 3. The van der Waals surface area contributed by atoms with E-state index in [0.717, 1.165) is 36.3 Å². The van der Waals surface area contributed by atoms with Crippen molar-refractivity contribution in [2.24, 2.45) is 0 Å². The lowest BCUT2D eigenvalue weighted by Crippen LogP contribution is -2.24. The lowest BCUT2D eigenvalue weighted by atomic mass is 9.79. The van der Waals surface area contributed by atoms with Crippen molar-refractivity contribution in [2.45, 2.75) is 37.3 Å². The van der Waals surface area contributed by atoms with Crippen LogP contribution < -0.4 is 15.8 Å². The minimum Gasteiger partial charge on any atom is -0.497 e. The second-order valence-electron chi connectivity index (χ2n) is 10.0. The summed E-state index contributed by atoms with van der Waals surface area (Å²) >= 11 is 1.35. The number of amides is 1. The van der Waals surface area contributed by atoms with Gasteiger partial charge in [-0.3, -0.25) is 9.20 Å². The fourth-order valence-electron chi connectivity index (χ4n) is 5.55. The Morgan fingerprint density at radius 2 is 1.80 bits per heavy atom. The Hall–Kier alpha value is -4.38. The van der Waals surface area contributed by atoms with Gasteiger partial charge in [-0.15, -0.1) is 11.3 Å². The molecule has 1 aliphatic rings. The molecule has 0 bridgehead atoms. The molecule has 5 aromatic rings. The van der Waals surface area contributed by atoms with Crippen LogP contribution in [0.25, 0.3) is 17.0 Å². The molecule has 0 unspecified atom stereocenters. The number of nitrogens with one attached hydrogen (secondary N) is 1. The normalized spacial score (nSPS) is 14.8. The third-order valence-corrected chi connectivity index (χ3v) is 8.67. The average molecular weight is 578 g/mol. The number of thiazole rings is 1. The largest absolute Gasteiger partial charge is 0.497 e. The molecule has 2 aromatic carbocycles. The highest BCUT2D eigenvalue weighted by Gasteiger charge is 2.42. The van der Waals surface area contributed by atoms with E-state index in [1.165, 1.54) is 35.1 Å². The van der Waals surface area contributed by atoms with Crippen molar-refractivity contribution < 1.29 is 22.7 Å². The zero-order chi connectivity index (χ0) is 28.8. The first-order valence-corrected chi connectivity index (χ1v) is 13.9. The topological polar surface area (TPSA) is 94.5 Å². The molecule has 0 atom stereocenters. The molecule has 1 fully saturated rings. The van der Waals surface area contributed by atoms with Gasteiger partial charge in [-0.2, -0.15) is 13.2 Å². The van der Waals surface area contributed by atoms with Crippen LogP contribution in [-0.4, -0.2) is 27.4 Å². The fraction of sp³-hybridized carbons (Fsp3) is 0.233. The van der Waals surface area contributed by atoms with Crippen LogP contribution in [0.5, 0.6) is 5.75 Å². The van der Waals surface area contributed by atoms with Crippen molar-refractivity contribution in [1.29, 1.82) is 0 Å². The van der Waals surface area contributed by atoms with Crippen molar-refractivity contribution >= 4 is 34.3 Å². The number of alkyl halides is 3. The number of methoxy groups -OCH3 is 1. The minimum absolute atomic E-state index is 0.0991. The molecule has 3 aromatic heterocycles. The molecule has 3 N–H and O–H groups in total. The Labute approximate surface area is 237 Å². The van der Waals surface area contributed by atoms with Crippen molar-refractivity contribution in [3.05, 3.63) is 94.1 Å². The minimum atomic E-state index is -4.66. The second-order valence-corrected chi connectivity index (χ2v) is 10.9. The number of pyridine rings is 1. The van der Waals surface area contributed by atoms with E-state index in [4.69, 9.17) is 15.5 Å². The van der Waals surface area contributed by atoms with Gasteiger partial charge in [0.05, 0.1) is 18.5 Å². The summed E-state index contributed by atoms with van der Waals surface area (Å²) in [5.74, 6) is 0.131. The Bertz CT molecular complexity index is 1740. The molecule has 0 aliphatic heterocycles. The van der Waals surface area contributed by atoms with E-state index in [-0.39, 0.29) is 22.9 Å². The van der Waals surface area contributed by atoms with Crippen LogP contribution >= 0.6 is 11.3 Å². The maximum absolute atomic E-state index is 14.1. The number of imidazole rings is 1. The monoisotopic (exact) mass is 577 g/mol. The third kappa shape index (κ3) is 4.80. The van der Waals surface area contributed by atoms with Crippen LogP contribution in [0.1, 0.15) is 52.3 Å². The van der Waals surface area contributed by atoms with Gasteiger partial charge in [0.25, 0.3) is 5.91 Å². The molecular formula is C30H26F3N5O2S. The number of anilines is 2. The number of para-hydroxylation sites is 2. The Morgan fingerprint density at radius 3 is 2.49 bits per heavy atom. The predicted octanol–water partition coefficient (Wildman–Crippen LogP) is 7.18. The van der Waals surface area contributed by atoms with E-state index >= 15 is 0 Å². The summed E-state index contributed by atoms with van der Waals surface area (Å²) in [5, 5.41) is 5.25. The lowest BCUT2D eigenvalue weighted by Gasteiger charge is -2.27. The molecule has 41 heavy (non-hydrogen) atoms. The zero-order valence-corrected chi connectivity index (χ0v) is 22.9. The second kappa shape index (κ2) is 10.2. The number of hydrogen-bond acceptors (Lipinski definition) is 6. The number of halogens is 3. The van der Waals surface area contributed by atoms with Crippen LogP contribution in [0.2, 0.25) is 0 Å². The molecule has 0 spiro atoms. The van der Waals surface area contributed by atoms with Crippen molar-refractivity contribution in [3.63, 3.8) is 0 Å². The van der Waals surface area contributed by atoms with Gasteiger partial charge in [0, 0.05) is 28.6 Å². The Kier molecular flexibility index (Phi) is 6.69. The van der Waals surface area contributed by atoms with Crippen LogP contribution in [0.15, 0.2) is 72.2 Å². The van der Waals surface area contributed by atoms with Crippen molar-refractivity contribution in [2.75, 3.05) is 18.2 Å². The molecule has 6 rings (SSSR count). The van der Waals surface area contributed by atoms with Crippen LogP contribution in [0.4, 0.5) is 24.5 Å². The third-order valence-electron chi connectivity index (χ3n) is 7.62. The number of nitrogens with two attached hydrogens (primary N) is 1. The highest BCUT2D eigenvalue weighted by Crippen LogP contribution is 2.49. The van der Waals surface area contributed by atoms with E-state index in [2.05, 4.69) is 10.3 Å². The summed E-state index contributed by atoms with van der Waals surface area (Å²) in [6.07, 6.45) is 0.402. The quantitative estimate of drug-likeness (QED) is 0.209. The van der Waals surface area contributed by atoms with Crippen LogP contribution in [0.3, 0.4) is 0 Å². The summed E-state index contributed by atoms with van der Waals surface area (Å²) < 4.78 is 48.9. The van der Waals surface area contributed by atoms with Gasteiger partial charge in [0.15, 0.2) is 5.69 Å². The van der Waals surface area contributed by atoms with Crippen LogP contribution in [0, 0.1) is 0 Å². The first-order valence-electron chi connectivity index (χ1n) is 13.1. The maximum atomic E-state index is 14.1. The predicted molar refractivity (Wildman–Crippen MR) is 152 cm³/mol. The van der Waals surface area contributed by atoms with E-state index in [1.807, 2.05) is 12.1 Å². The lowest BCUT2D eigenvalue weighted by molar-refractivity contribution is -0.140. The van der Waals surface area contributed by atoms with Crippen molar-refractivity contribution in [1.82, 2.24) is 14.4 Å². The molecule has 1 saturated carbocycles. The number of fused-ring (bicyclic) bond motifs is 1. The number of ether oxygens (including phenoxy) is 1. The van der Waals surface area contributed by atoms with E-state index in [9.17, 15) is 18.0 Å². The van der Waals surface area contributed by atoms with E-state index in [1.54, 1.807) is 47.8 Å². The molecule has 0 saturated heterocycles. The highest BCUT2D eigenvalue weighted by atomic mass is 32.1. The zero-order valence-electron chi connectivity index (χ0n) is 22.0. The van der Waals surface area contributed by atoms with Gasteiger partial charge < -0.3 is 15.8 Å². The standard InChI is InChI=1S/C30H26F3N5O2S/c1-40-20-12-15-38-24(16-20)37-26(30(31,32)33)25(38)23-17-41-28(36-23)29(13-4-5-14-29)19-10-8-18(9-11-19)27(39)35-22-7-3-2-6-21(22)34/h2-3,6-12,15-17H,4-5,13-14,34H2,1H3,(H,35,39). The van der Waals surface area contributed by atoms with Gasteiger partial charge in [-0.05, 0) is 48.7 Å². The molecule has 0 radical (unpaired) electrons. The fourth-order valence-corrected chi connectivity index (χ4v) is 6.63. The van der Waals surface area contributed by atoms with E-state index < -0.39 is 17.3 Å². The molecule has 1 aliphatic carbocycles. The summed E-state index contributed by atoms with van der Waals surface area (Å²) in [6, 6.07) is 17.4.